The highest BCUT2D eigenvalue weighted by Gasteiger charge is 2.54. The van der Waals surface area contributed by atoms with Crippen LogP contribution in [0.1, 0.15) is 5.56 Å². The van der Waals surface area contributed by atoms with Crippen LogP contribution in [0.2, 0.25) is 0 Å². The van der Waals surface area contributed by atoms with Gasteiger partial charge in [-0.3, -0.25) is 4.79 Å². The lowest BCUT2D eigenvalue weighted by Crippen LogP contribution is -2.62. The number of carbonyl (C=O) groups excluding carboxylic acids is 1. The number of aliphatic hydroxyl groups is 9. The Morgan fingerprint density at radius 3 is 2.12 bits per heavy atom. The molecule has 0 bridgehead atoms. The van der Waals surface area contributed by atoms with Crippen molar-refractivity contribution >= 4 is 23.0 Å². The van der Waals surface area contributed by atoms with Gasteiger partial charge in [-0.05, 0) is 48.0 Å². The fourth-order valence-corrected chi connectivity index (χ4v) is 7.33. The quantitative estimate of drug-likeness (QED) is 0.0452. The molecule has 0 unspecified atom stereocenters. The number of ether oxygens (including phenoxy) is 9. The van der Waals surface area contributed by atoms with E-state index in [9.17, 15) is 65.8 Å². The van der Waals surface area contributed by atoms with Crippen LogP contribution in [0.3, 0.4) is 0 Å². The first-order valence-electron chi connectivity index (χ1n) is 20.1. The molecule has 0 saturated carbocycles. The molecule has 0 aliphatic carbocycles. The third-order valence-corrected chi connectivity index (χ3v) is 11.1. The molecule has 7 rings (SSSR count). The average molecular weight is 933 g/mol. The minimum Gasteiger partial charge on any atom is -0.507 e. The molecule has 23 nitrogen and oxygen atoms in total. The van der Waals surface area contributed by atoms with Gasteiger partial charge in [0.1, 0.15) is 83.7 Å². The molecule has 13 atom stereocenters. The van der Waals surface area contributed by atoms with Crippen LogP contribution in [0.25, 0.3) is 28.4 Å². The molecule has 3 aromatic carbocycles. The van der Waals surface area contributed by atoms with Crippen molar-refractivity contribution in [1.29, 1.82) is 0 Å². The topological polar surface area (TPSA) is 353 Å². The molecule has 1 aromatic heterocycles. The highest BCUT2D eigenvalue weighted by atomic mass is 16.8. The molecule has 66 heavy (non-hydrogen) atoms. The summed E-state index contributed by atoms with van der Waals surface area (Å²) < 4.78 is 55.9. The summed E-state index contributed by atoms with van der Waals surface area (Å²) in [4.78, 5) is 26.9. The standard InChI is InChI=1S/C43H48O23/c1-57-21-12-23(47)29-25(13-21)62-36(19-5-7-20(8-6-19)61-40-35(54)33(52)30(49)26(14-44)63-40)37(32(29)51)65-41-38(34(53)31(50)27(15-45)64-41)66-42-39(55)43(56,17-60-42)16-59-28(48)10-4-18-3-9-22(46)24(11-18)58-2/h3-13,26-27,30-31,33-35,38-42,44-47,49-50,52-56H,14-17H2,1-2H3/b10-4-/t26-,27-,30-,31-,33+,34+,35-,38-,39+,40-,41+,42+,43-/m1/s1. The van der Waals surface area contributed by atoms with Gasteiger partial charge in [-0.1, -0.05) is 6.07 Å². The Hall–Kier alpha value is -5.64. The number of aromatic hydroxyl groups is 2. The Bertz CT molecular complexity index is 2420. The van der Waals surface area contributed by atoms with E-state index >= 15 is 0 Å². The summed E-state index contributed by atoms with van der Waals surface area (Å²) in [5.41, 5.74) is -2.95. The number of fused-ring (bicyclic) bond motifs is 1. The number of phenolic OH excluding ortho intramolecular Hbond substituents is 2. The van der Waals surface area contributed by atoms with Gasteiger partial charge in [0.25, 0.3) is 0 Å². The van der Waals surface area contributed by atoms with Crippen molar-refractivity contribution < 1.29 is 108 Å². The van der Waals surface area contributed by atoms with Crippen molar-refractivity contribution in [3.05, 3.63) is 76.5 Å². The lowest BCUT2D eigenvalue weighted by Gasteiger charge is -2.42. The highest BCUT2D eigenvalue weighted by molar-refractivity contribution is 5.88. The van der Waals surface area contributed by atoms with Crippen molar-refractivity contribution in [2.75, 3.05) is 40.6 Å². The summed E-state index contributed by atoms with van der Waals surface area (Å²) in [7, 11) is 2.65. The third kappa shape index (κ3) is 9.75. The predicted octanol–water partition coefficient (Wildman–Crippen LogP) is -2.02. The average Bonchev–Trinajstić information content (AvgIpc) is 3.59. The summed E-state index contributed by atoms with van der Waals surface area (Å²) in [6.45, 7) is -3.09. The van der Waals surface area contributed by atoms with E-state index in [2.05, 4.69) is 0 Å². The van der Waals surface area contributed by atoms with Crippen LogP contribution in [0.4, 0.5) is 0 Å². The molecule has 4 heterocycles. The molecule has 3 aliphatic heterocycles. The van der Waals surface area contributed by atoms with Gasteiger partial charge in [-0.2, -0.15) is 0 Å². The van der Waals surface area contributed by atoms with Gasteiger partial charge in [0.15, 0.2) is 35.3 Å². The van der Waals surface area contributed by atoms with Crippen LogP contribution in [0.15, 0.2) is 69.9 Å². The number of phenols is 2. The van der Waals surface area contributed by atoms with Crippen LogP contribution in [-0.4, -0.2) is 182 Å². The van der Waals surface area contributed by atoms with Gasteiger partial charge in [0.05, 0.1) is 34.0 Å². The lowest BCUT2D eigenvalue weighted by atomic mass is 9.98. The molecule has 3 fully saturated rings. The number of hydrogen-bond acceptors (Lipinski definition) is 23. The molecule has 3 aliphatic rings. The number of rotatable bonds is 15. The maximum atomic E-state index is 14.3. The van der Waals surface area contributed by atoms with Crippen LogP contribution in [0, 0.1) is 0 Å². The minimum absolute atomic E-state index is 0.0245. The number of carbonyl (C=O) groups is 1. The second-order valence-corrected chi connectivity index (χ2v) is 15.5. The first-order valence-corrected chi connectivity index (χ1v) is 20.1. The van der Waals surface area contributed by atoms with E-state index in [0.717, 1.165) is 12.1 Å². The number of hydrogen-bond donors (Lipinski definition) is 11. The summed E-state index contributed by atoms with van der Waals surface area (Å²) in [5.74, 6) is -2.42. The summed E-state index contributed by atoms with van der Waals surface area (Å²) >= 11 is 0. The lowest BCUT2D eigenvalue weighted by molar-refractivity contribution is -0.319. The van der Waals surface area contributed by atoms with Crippen LogP contribution >= 0.6 is 0 Å². The molecule has 0 radical (unpaired) electrons. The maximum absolute atomic E-state index is 14.3. The summed E-state index contributed by atoms with van der Waals surface area (Å²) in [6, 6.07) is 12.1. The number of esters is 1. The van der Waals surface area contributed by atoms with Crippen molar-refractivity contribution in [2.45, 2.75) is 79.4 Å². The van der Waals surface area contributed by atoms with Gasteiger partial charge in [-0.15, -0.1) is 0 Å². The molecule has 0 spiro atoms. The van der Waals surface area contributed by atoms with E-state index < -0.39 is 134 Å². The zero-order valence-electron chi connectivity index (χ0n) is 34.9. The van der Waals surface area contributed by atoms with Crippen molar-refractivity contribution in [2.24, 2.45) is 0 Å². The Kier molecular flexibility index (Phi) is 14.7. The van der Waals surface area contributed by atoms with E-state index in [1.54, 1.807) is 0 Å². The molecular weight excluding hydrogens is 884 g/mol. The SMILES string of the molecule is COc1cc(O)c2c(=O)c(O[C@@H]3O[C@H](CO)[C@@H](O)[C@H](O)[C@H]3O[C@@H]3OC[C@](O)(COC(=O)/C=C\c4ccc(O)c(OC)c4)[C@H]3O)c(-c3ccc(O[C@@H]4O[C@H](CO)[C@@H](O)[C@H](O)[C@H]4O)cc3)oc2c1. The van der Waals surface area contributed by atoms with E-state index in [4.69, 9.17) is 47.0 Å². The smallest absolute Gasteiger partial charge is 0.330 e. The van der Waals surface area contributed by atoms with Crippen LogP contribution in [0.5, 0.6) is 34.5 Å². The number of benzene rings is 3. The molecular formula is C43H48O23. The van der Waals surface area contributed by atoms with Crippen molar-refractivity contribution in [3.63, 3.8) is 0 Å². The molecule has 11 N–H and O–H groups in total. The van der Waals surface area contributed by atoms with E-state index in [-0.39, 0.29) is 39.9 Å². The molecule has 0 amide bonds. The van der Waals surface area contributed by atoms with E-state index in [1.165, 1.54) is 68.8 Å². The zero-order chi connectivity index (χ0) is 47.6. The Labute approximate surface area is 372 Å². The second-order valence-electron chi connectivity index (χ2n) is 15.5. The maximum Gasteiger partial charge on any atom is 0.330 e. The number of methoxy groups -OCH3 is 2. The van der Waals surface area contributed by atoms with Gasteiger partial charge in [-0.25, -0.2) is 4.79 Å². The first kappa shape index (κ1) is 48.3. The van der Waals surface area contributed by atoms with Gasteiger partial charge in [0.2, 0.25) is 23.8 Å². The van der Waals surface area contributed by atoms with Gasteiger partial charge >= 0.3 is 5.97 Å². The molecule has 4 aromatic rings. The largest absolute Gasteiger partial charge is 0.507 e. The summed E-state index contributed by atoms with van der Waals surface area (Å²) in [5, 5.41) is 115. The molecule has 3 saturated heterocycles. The first-order chi connectivity index (χ1) is 31.5. The van der Waals surface area contributed by atoms with Gasteiger partial charge in [0, 0.05) is 23.8 Å². The molecule has 358 valence electrons. The Morgan fingerprint density at radius 1 is 0.773 bits per heavy atom. The monoisotopic (exact) mass is 932 g/mol. The van der Waals surface area contributed by atoms with E-state index in [0.29, 0.717) is 5.56 Å². The fraction of sp³-hybridized carbons (Fsp3) is 0.442. The van der Waals surface area contributed by atoms with Crippen LogP contribution < -0.4 is 24.4 Å². The van der Waals surface area contributed by atoms with Crippen molar-refractivity contribution in [1.82, 2.24) is 0 Å². The van der Waals surface area contributed by atoms with Gasteiger partial charge < -0.3 is 103 Å². The zero-order valence-corrected chi connectivity index (χ0v) is 34.9. The third-order valence-electron chi connectivity index (χ3n) is 11.1. The predicted molar refractivity (Wildman–Crippen MR) is 219 cm³/mol. The number of aliphatic hydroxyl groups excluding tert-OH is 8. The fourth-order valence-electron chi connectivity index (χ4n) is 7.33. The highest BCUT2D eigenvalue weighted by Crippen LogP contribution is 2.39. The minimum atomic E-state index is -2.29. The van der Waals surface area contributed by atoms with Crippen molar-refractivity contribution in [3.8, 4) is 45.8 Å². The van der Waals surface area contributed by atoms with E-state index in [1.807, 2.05) is 0 Å². The summed E-state index contributed by atoms with van der Waals surface area (Å²) in [6.07, 6.45) is -18.6. The Morgan fingerprint density at radius 2 is 1.45 bits per heavy atom. The normalized spacial score (nSPS) is 31.2. The van der Waals surface area contributed by atoms with Crippen LogP contribution in [-0.2, 0) is 28.5 Å². The second kappa shape index (κ2) is 20.1. The Balaban J connectivity index is 1.15. The molecule has 23 heteroatoms.